The van der Waals surface area contributed by atoms with E-state index in [1.54, 1.807) is 11.8 Å². The van der Waals surface area contributed by atoms with E-state index in [-0.39, 0.29) is 18.7 Å². The molecule has 6 nitrogen and oxygen atoms in total. The van der Waals surface area contributed by atoms with Crippen LogP contribution in [0.15, 0.2) is 58.5 Å². The van der Waals surface area contributed by atoms with Gasteiger partial charge in [0.15, 0.2) is 11.3 Å². The third kappa shape index (κ3) is 6.13. The summed E-state index contributed by atoms with van der Waals surface area (Å²) in [4.78, 5) is 18.3. The van der Waals surface area contributed by atoms with Gasteiger partial charge in [-0.15, -0.1) is 0 Å². The predicted molar refractivity (Wildman–Crippen MR) is 150 cm³/mol. The van der Waals surface area contributed by atoms with Gasteiger partial charge in [-0.2, -0.15) is 5.10 Å². The van der Waals surface area contributed by atoms with E-state index in [9.17, 15) is 4.79 Å². The molecule has 3 atom stereocenters. The first kappa shape index (κ1) is 25.4. The maximum Gasteiger partial charge on any atom is 0.227 e. The summed E-state index contributed by atoms with van der Waals surface area (Å²) >= 11 is 1.75. The highest BCUT2D eigenvalue weighted by atomic mass is 32.2. The molecule has 190 valence electrons. The molecule has 2 aromatic rings. The number of nitrogens with zero attached hydrogens (tertiary/aromatic N) is 3. The van der Waals surface area contributed by atoms with E-state index in [1.807, 2.05) is 26.0 Å². The second-order valence-electron chi connectivity index (χ2n) is 9.81. The summed E-state index contributed by atoms with van der Waals surface area (Å²) in [5, 5.41) is 7.88. The Morgan fingerprint density at radius 1 is 1.09 bits per heavy atom. The van der Waals surface area contributed by atoms with Crippen LogP contribution < -0.4 is 15.6 Å². The summed E-state index contributed by atoms with van der Waals surface area (Å²) in [7, 11) is 2.09. The molecule has 0 radical (unpaired) electrons. The van der Waals surface area contributed by atoms with Gasteiger partial charge in [-0.05, 0) is 61.4 Å². The first-order valence-corrected chi connectivity index (χ1v) is 13.8. The molecule has 2 aliphatic heterocycles. The summed E-state index contributed by atoms with van der Waals surface area (Å²) in [6, 6.07) is 16.7. The van der Waals surface area contributed by atoms with Crippen LogP contribution in [0.2, 0.25) is 0 Å². The minimum absolute atomic E-state index is 0. The number of hydrogen-bond donors (Lipinski definition) is 2. The van der Waals surface area contributed by atoms with E-state index in [0.717, 1.165) is 48.7 Å². The highest BCUT2D eigenvalue weighted by molar-refractivity contribution is 7.99. The van der Waals surface area contributed by atoms with Gasteiger partial charge >= 0.3 is 0 Å². The van der Waals surface area contributed by atoms with Gasteiger partial charge in [0.25, 0.3) is 0 Å². The van der Waals surface area contributed by atoms with Gasteiger partial charge in [0, 0.05) is 49.3 Å². The number of anilines is 2. The summed E-state index contributed by atoms with van der Waals surface area (Å²) < 4.78 is 0. The van der Waals surface area contributed by atoms with Crippen LogP contribution in [0.4, 0.5) is 11.4 Å². The fraction of sp³-hybridized carbons (Fsp3) is 0.500. The van der Waals surface area contributed by atoms with Crippen molar-refractivity contribution in [3.63, 3.8) is 0 Å². The maximum absolute atomic E-state index is 12.4. The Morgan fingerprint density at radius 2 is 1.77 bits per heavy atom. The van der Waals surface area contributed by atoms with Crippen LogP contribution in [-0.4, -0.2) is 42.3 Å². The summed E-state index contributed by atoms with van der Waals surface area (Å²) in [5.74, 6) is 2.53. The summed E-state index contributed by atoms with van der Waals surface area (Å²) in [6.07, 6.45) is 3.26. The lowest BCUT2D eigenvalue weighted by molar-refractivity contribution is -0.117. The van der Waals surface area contributed by atoms with Crippen molar-refractivity contribution in [3.05, 3.63) is 54.1 Å². The van der Waals surface area contributed by atoms with Crippen LogP contribution in [0.3, 0.4) is 0 Å². The molecule has 2 aromatic carbocycles. The molecule has 5 rings (SSSR count). The van der Waals surface area contributed by atoms with Crippen LogP contribution in [0.25, 0.3) is 0 Å². The molecule has 2 fully saturated rings. The predicted octanol–water partition coefficient (Wildman–Crippen LogP) is 6.06. The van der Waals surface area contributed by atoms with E-state index < -0.39 is 0 Å². The van der Waals surface area contributed by atoms with Gasteiger partial charge in [-0.1, -0.05) is 57.7 Å². The van der Waals surface area contributed by atoms with Gasteiger partial charge in [-0.25, -0.2) is 0 Å². The number of piperidine rings is 1. The average molecular weight is 496 g/mol. The van der Waals surface area contributed by atoms with Crippen LogP contribution in [-0.2, 0) is 4.79 Å². The summed E-state index contributed by atoms with van der Waals surface area (Å²) in [6.45, 7) is 10.7. The monoisotopic (exact) mass is 495 g/mol. The molecule has 2 heterocycles. The zero-order valence-electron chi connectivity index (χ0n) is 21.6. The van der Waals surface area contributed by atoms with Gasteiger partial charge in [0.2, 0.25) is 5.91 Å². The van der Waals surface area contributed by atoms with Crippen molar-refractivity contribution in [2.75, 3.05) is 30.4 Å². The second kappa shape index (κ2) is 11.4. The lowest BCUT2D eigenvalue weighted by Gasteiger charge is -2.38. The molecule has 1 saturated heterocycles. The lowest BCUT2D eigenvalue weighted by atomic mass is 9.91. The molecule has 1 amide bonds. The molecular weight excluding hydrogens is 454 g/mol. The van der Waals surface area contributed by atoms with Gasteiger partial charge in [-0.3, -0.25) is 10.2 Å². The third-order valence-electron chi connectivity index (χ3n) is 6.62. The van der Waals surface area contributed by atoms with Crippen LogP contribution in [0.5, 0.6) is 0 Å². The van der Waals surface area contributed by atoms with Crippen molar-refractivity contribution < 1.29 is 6.22 Å². The van der Waals surface area contributed by atoms with E-state index in [1.165, 1.54) is 11.3 Å². The zero-order chi connectivity index (χ0) is 24.9. The van der Waals surface area contributed by atoms with Crippen molar-refractivity contribution in [2.45, 2.75) is 57.4 Å². The zero-order valence-corrected chi connectivity index (χ0v) is 22.4. The fourth-order valence-electron chi connectivity index (χ4n) is 4.89. The number of carbonyl (C=O) groups excluding carboxylic acids is 1. The molecule has 1 unspecified atom stereocenters. The number of amides is 1. The van der Waals surface area contributed by atoms with Crippen molar-refractivity contribution in [3.8, 4) is 0 Å². The SMILES string of the molecule is CC.C[C@@H]1C[C@H](C)CN(c2cc(NC(=O)C3CC3)ccc2C2=NNC(Sc3ccccc3)N2C)C1.[HH]. The Kier molecular flexibility index (Phi) is 8.26. The Morgan fingerprint density at radius 3 is 2.43 bits per heavy atom. The number of rotatable bonds is 6. The molecule has 3 aliphatic rings. The quantitative estimate of drug-likeness (QED) is 0.510. The Hall–Kier alpha value is -2.67. The maximum atomic E-state index is 12.4. The standard InChI is InChI=1S/C26H33N5OS.C2H6.H2/c1-17-13-18(2)16-31(15-17)23-14-20(27-25(32)19-9-10-19)11-12-22(23)24-28-29-26(30(24)3)33-21-7-5-4-6-8-21;1-2;/h4-8,11-12,14,17-19,26,29H,9-10,13,15-16H2,1-3H3,(H,27,32);1-2H3;1H/t17-,18+,26?;;. The normalized spacial score (nSPS) is 23.7. The molecule has 7 heteroatoms. The molecule has 1 saturated carbocycles. The number of hydrogen-bond acceptors (Lipinski definition) is 6. The largest absolute Gasteiger partial charge is 0.370 e. The lowest BCUT2D eigenvalue weighted by Crippen LogP contribution is -2.40. The van der Waals surface area contributed by atoms with E-state index in [2.05, 4.69) is 77.8 Å². The number of thioether (sulfide) groups is 1. The van der Waals surface area contributed by atoms with Gasteiger partial charge in [0.05, 0.1) is 0 Å². The Balaban J connectivity index is 0.00000117. The van der Waals surface area contributed by atoms with E-state index in [4.69, 9.17) is 5.10 Å². The van der Waals surface area contributed by atoms with Crippen molar-refractivity contribution in [2.24, 2.45) is 22.9 Å². The van der Waals surface area contributed by atoms with E-state index in [0.29, 0.717) is 11.8 Å². The molecule has 35 heavy (non-hydrogen) atoms. The summed E-state index contributed by atoms with van der Waals surface area (Å²) in [5.41, 5.74) is 6.47. The van der Waals surface area contributed by atoms with E-state index >= 15 is 0 Å². The van der Waals surface area contributed by atoms with Gasteiger partial charge < -0.3 is 15.1 Å². The molecule has 0 bridgehead atoms. The Bertz CT molecular complexity index is 1040. The minimum Gasteiger partial charge on any atom is -0.370 e. The molecule has 0 spiro atoms. The van der Waals surface area contributed by atoms with Crippen molar-refractivity contribution in [1.82, 2.24) is 10.3 Å². The van der Waals surface area contributed by atoms with Crippen molar-refractivity contribution in [1.29, 1.82) is 0 Å². The molecular formula is C28H41N5OS. The number of nitrogens with one attached hydrogen (secondary N) is 2. The topological polar surface area (TPSA) is 60.0 Å². The highest BCUT2D eigenvalue weighted by Crippen LogP contribution is 2.35. The van der Waals surface area contributed by atoms with Crippen LogP contribution in [0.1, 0.15) is 53.9 Å². The van der Waals surface area contributed by atoms with Crippen molar-refractivity contribution >= 4 is 34.9 Å². The van der Waals surface area contributed by atoms with Gasteiger partial charge in [0.1, 0.15) is 0 Å². The first-order valence-electron chi connectivity index (χ1n) is 13.0. The first-order chi connectivity index (χ1) is 17.0. The third-order valence-corrected chi connectivity index (χ3v) is 7.81. The highest BCUT2D eigenvalue weighted by Gasteiger charge is 2.32. The second-order valence-corrected chi connectivity index (χ2v) is 11.0. The minimum atomic E-state index is 0. The molecule has 2 N–H and O–H groups in total. The average Bonchev–Trinajstić information content (AvgIpc) is 3.65. The number of hydrazone groups is 1. The van der Waals surface area contributed by atoms with Crippen LogP contribution >= 0.6 is 11.8 Å². The smallest absolute Gasteiger partial charge is 0.227 e. The molecule has 1 aliphatic carbocycles. The molecule has 0 aromatic heterocycles. The number of carbonyl (C=O) groups is 1. The number of amidine groups is 1. The van der Waals surface area contributed by atoms with Crippen LogP contribution in [0, 0.1) is 17.8 Å². The number of benzene rings is 2. The Labute approximate surface area is 216 Å². The fourth-order valence-corrected chi connectivity index (χ4v) is 5.82.